The lowest BCUT2D eigenvalue weighted by Gasteiger charge is -2.15. The van der Waals surface area contributed by atoms with Crippen molar-refractivity contribution in [1.29, 1.82) is 0 Å². The van der Waals surface area contributed by atoms with E-state index in [4.69, 9.17) is 16.3 Å². The summed E-state index contributed by atoms with van der Waals surface area (Å²) in [7, 11) is -4.64. The molecule has 3 N–H and O–H groups in total. The lowest BCUT2D eigenvalue weighted by molar-refractivity contribution is 0.0952. The Kier molecular flexibility index (Phi) is 7.65. The van der Waals surface area contributed by atoms with E-state index in [1.165, 1.54) is 0 Å². The predicted octanol–water partition coefficient (Wildman–Crippen LogP) is 5.47. The number of fused-ring (bicyclic) bond motifs is 7. The van der Waals surface area contributed by atoms with E-state index in [0.717, 1.165) is 37.5 Å². The fourth-order valence-corrected chi connectivity index (χ4v) is 5.26. The van der Waals surface area contributed by atoms with E-state index in [9.17, 15) is 27.1 Å². The van der Waals surface area contributed by atoms with Crippen molar-refractivity contribution in [2.45, 2.75) is 30.6 Å². The molecule has 0 fully saturated rings. The Bertz CT molecular complexity index is 1420. The van der Waals surface area contributed by atoms with Crippen LogP contribution in [0.25, 0.3) is 11.1 Å². The fourth-order valence-electron chi connectivity index (χ4n) is 3.79. The molecule has 1 aliphatic heterocycles. The number of rotatable bonds is 0. The number of sulfonamides is 1. The SMILES string of the molecule is O=C1NCCCCCCOc2cccc(c2)-c2cc(c(F)cc2F)NS(=O)(=O)c2cc1cc(Cl)c2O. The standard InChI is InChI=1S/C25H23ClF2N2O5S/c26-19-11-16-12-23(24(19)31)36(33,34)30-22-13-18(20(27)14-21(22)28)15-6-5-7-17(10-15)35-9-4-2-1-3-8-29-25(16)32/h5-7,10-14,30-31H,1-4,8-9H2,(H,29,32). The van der Waals surface area contributed by atoms with Gasteiger partial charge in [-0.1, -0.05) is 36.6 Å². The molecule has 190 valence electrons. The van der Waals surface area contributed by atoms with Crippen LogP contribution < -0.4 is 14.8 Å². The van der Waals surface area contributed by atoms with Gasteiger partial charge in [-0.05, 0) is 48.7 Å². The number of anilines is 1. The normalized spacial score (nSPS) is 16.2. The van der Waals surface area contributed by atoms with Crippen molar-refractivity contribution < 1.29 is 31.8 Å². The van der Waals surface area contributed by atoms with Crippen LogP contribution in [0.1, 0.15) is 36.0 Å². The average molecular weight is 537 g/mol. The van der Waals surface area contributed by atoms with Gasteiger partial charge >= 0.3 is 0 Å². The summed E-state index contributed by atoms with van der Waals surface area (Å²) >= 11 is 6.00. The lowest BCUT2D eigenvalue weighted by Crippen LogP contribution is -2.25. The largest absolute Gasteiger partial charge is 0.505 e. The minimum absolute atomic E-state index is 0.0654. The Balaban J connectivity index is 1.80. The minimum atomic E-state index is -4.64. The Morgan fingerprint density at radius 3 is 2.53 bits per heavy atom. The summed E-state index contributed by atoms with van der Waals surface area (Å²) in [6, 6.07) is 10.2. The Morgan fingerprint density at radius 1 is 0.944 bits per heavy atom. The molecule has 0 radical (unpaired) electrons. The van der Waals surface area contributed by atoms with Crippen molar-refractivity contribution >= 4 is 33.2 Å². The van der Waals surface area contributed by atoms with Crippen LogP contribution in [0, 0.1) is 11.6 Å². The van der Waals surface area contributed by atoms with Gasteiger partial charge in [0.1, 0.15) is 22.3 Å². The van der Waals surface area contributed by atoms with E-state index in [0.29, 0.717) is 37.0 Å². The number of ether oxygens (including phenoxy) is 1. The molecular weight excluding hydrogens is 514 g/mol. The molecule has 6 bridgehead atoms. The summed E-state index contributed by atoms with van der Waals surface area (Å²) in [5, 5.41) is 12.6. The number of carbonyl (C=O) groups is 1. The van der Waals surface area contributed by atoms with Gasteiger partial charge in [0.25, 0.3) is 15.9 Å². The zero-order valence-electron chi connectivity index (χ0n) is 19.0. The number of amides is 1. The molecule has 0 saturated heterocycles. The van der Waals surface area contributed by atoms with Crippen LogP contribution in [0.5, 0.6) is 11.5 Å². The summed E-state index contributed by atoms with van der Waals surface area (Å²) in [4.78, 5) is 11.8. The highest BCUT2D eigenvalue weighted by molar-refractivity contribution is 7.92. The molecule has 1 heterocycles. The Morgan fingerprint density at radius 2 is 1.72 bits per heavy atom. The number of phenols is 1. The monoisotopic (exact) mass is 536 g/mol. The van der Waals surface area contributed by atoms with E-state index >= 15 is 0 Å². The molecule has 0 aliphatic carbocycles. The quantitative estimate of drug-likeness (QED) is 0.353. The second-order valence-corrected chi connectivity index (χ2v) is 10.3. The highest BCUT2D eigenvalue weighted by Gasteiger charge is 2.25. The van der Waals surface area contributed by atoms with Gasteiger partial charge in [-0.15, -0.1) is 0 Å². The third kappa shape index (κ3) is 5.71. The van der Waals surface area contributed by atoms with Gasteiger partial charge in [-0.2, -0.15) is 0 Å². The van der Waals surface area contributed by atoms with Crippen LogP contribution in [-0.2, 0) is 10.0 Å². The average Bonchev–Trinajstić information content (AvgIpc) is 2.83. The van der Waals surface area contributed by atoms with Gasteiger partial charge in [-0.25, -0.2) is 17.2 Å². The molecule has 36 heavy (non-hydrogen) atoms. The Hall–Kier alpha value is -3.37. The van der Waals surface area contributed by atoms with E-state index < -0.39 is 43.9 Å². The highest BCUT2D eigenvalue weighted by Crippen LogP contribution is 2.35. The minimum Gasteiger partial charge on any atom is -0.505 e. The summed E-state index contributed by atoms with van der Waals surface area (Å²) in [6.45, 7) is 0.783. The molecule has 0 saturated carbocycles. The molecule has 0 atom stereocenters. The molecule has 7 nitrogen and oxygen atoms in total. The van der Waals surface area contributed by atoms with Crippen molar-refractivity contribution in [3.63, 3.8) is 0 Å². The number of nitrogens with one attached hydrogen (secondary N) is 2. The number of hydrogen-bond donors (Lipinski definition) is 3. The van der Waals surface area contributed by atoms with Crippen molar-refractivity contribution in [2.75, 3.05) is 17.9 Å². The summed E-state index contributed by atoms with van der Waals surface area (Å²) in [5.41, 5.74) is -0.371. The maximum Gasteiger partial charge on any atom is 0.265 e. The van der Waals surface area contributed by atoms with Crippen LogP contribution in [0.15, 0.2) is 53.4 Å². The zero-order chi connectivity index (χ0) is 25.9. The maximum atomic E-state index is 14.7. The van der Waals surface area contributed by atoms with E-state index in [1.54, 1.807) is 24.3 Å². The van der Waals surface area contributed by atoms with E-state index in [1.807, 2.05) is 4.72 Å². The number of halogens is 3. The summed E-state index contributed by atoms with van der Waals surface area (Å²) in [6.07, 6.45) is 3.14. The van der Waals surface area contributed by atoms with Crippen molar-refractivity contribution in [3.8, 4) is 22.6 Å². The van der Waals surface area contributed by atoms with Gasteiger partial charge in [-0.3, -0.25) is 9.52 Å². The number of phenolic OH excluding ortho intramolecular Hbond substituents is 1. The molecule has 11 heteroatoms. The first kappa shape index (κ1) is 25.7. The molecular formula is C25H23ClF2N2O5S. The van der Waals surface area contributed by atoms with Crippen LogP contribution in [0.2, 0.25) is 5.02 Å². The second kappa shape index (κ2) is 10.7. The first-order valence-corrected chi connectivity index (χ1v) is 13.1. The summed E-state index contributed by atoms with van der Waals surface area (Å²) in [5.74, 6) is -2.99. The van der Waals surface area contributed by atoms with Gasteiger partial charge in [0.05, 0.1) is 17.3 Å². The number of carbonyl (C=O) groups excluding carboxylic acids is 1. The number of aromatic hydroxyl groups is 1. The fraction of sp³-hybridized carbons (Fsp3) is 0.240. The van der Waals surface area contributed by atoms with Gasteiger partial charge in [0.2, 0.25) is 0 Å². The molecule has 4 rings (SSSR count). The molecule has 1 aliphatic rings. The van der Waals surface area contributed by atoms with Crippen molar-refractivity contribution in [2.24, 2.45) is 0 Å². The molecule has 1 amide bonds. The third-order valence-corrected chi connectivity index (χ3v) is 7.32. The van der Waals surface area contributed by atoms with E-state index in [-0.39, 0.29) is 16.1 Å². The van der Waals surface area contributed by atoms with Gasteiger partial charge < -0.3 is 15.2 Å². The lowest BCUT2D eigenvalue weighted by atomic mass is 10.0. The third-order valence-electron chi connectivity index (χ3n) is 5.65. The molecule has 0 spiro atoms. The first-order valence-electron chi connectivity index (χ1n) is 11.2. The van der Waals surface area contributed by atoms with E-state index in [2.05, 4.69) is 5.32 Å². The Labute approximate surface area is 212 Å². The maximum absolute atomic E-state index is 14.7. The molecule has 3 aromatic carbocycles. The molecule has 0 aromatic heterocycles. The number of benzene rings is 3. The molecule has 0 unspecified atom stereocenters. The second-order valence-electron chi connectivity index (χ2n) is 8.27. The topological polar surface area (TPSA) is 105 Å². The van der Waals surface area contributed by atoms with Crippen LogP contribution in [-0.4, -0.2) is 32.6 Å². The van der Waals surface area contributed by atoms with Gasteiger partial charge in [0, 0.05) is 23.7 Å². The van der Waals surface area contributed by atoms with Crippen LogP contribution in [0.4, 0.5) is 14.5 Å². The summed E-state index contributed by atoms with van der Waals surface area (Å²) < 4.78 is 63.3. The first-order chi connectivity index (χ1) is 17.2. The predicted molar refractivity (Wildman–Crippen MR) is 132 cm³/mol. The van der Waals surface area contributed by atoms with Crippen molar-refractivity contribution in [3.05, 3.63) is 70.8 Å². The van der Waals surface area contributed by atoms with Gasteiger partial charge in [0.15, 0.2) is 5.75 Å². The van der Waals surface area contributed by atoms with Crippen molar-refractivity contribution in [1.82, 2.24) is 5.32 Å². The molecule has 3 aromatic rings. The zero-order valence-corrected chi connectivity index (χ0v) is 20.6. The number of hydrogen-bond acceptors (Lipinski definition) is 5. The van der Waals surface area contributed by atoms with Crippen LogP contribution in [0.3, 0.4) is 0 Å². The smallest absolute Gasteiger partial charge is 0.265 e. The highest BCUT2D eigenvalue weighted by atomic mass is 35.5. The van der Waals surface area contributed by atoms with Crippen LogP contribution >= 0.6 is 11.6 Å².